The Morgan fingerprint density at radius 3 is 2.33 bits per heavy atom. The van der Waals surface area contributed by atoms with E-state index in [1.807, 2.05) is 48.5 Å². The molecule has 0 amide bonds. The van der Waals surface area contributed by atoms with Crippen LogP contribution in [-0.2, 0) is 0 Å². The summed E-state index contributed by atoms with van der Waals surface area (Å²) in [6, 6.07) is 20.3. The highest BCUT2D eigenvalue weighted by Crippen LogP contribution is 2.26. The maximum atomic E-state index is 10.9. The Morgan fingerprint density at radius 2 is 1.57 bits per heavy atom. The number of nitrogens with zero attached hydrogens (tertiary/aromatic N) is 2. The van der Waals surface area contributed by atoms with Gasteiger partial charge in [0.1, 0.15) is 0 Å². The van der Waals surface area contributed by atoms with Crippen LogP contribution in [-0.4, -0.2) is 9.91 Å². The van der Waals surface area contributed by atoms with Crippen molar-refractivity contribution in [1.82, 2.24) is 4.98 Å². The van der Waals surface area contributed by atoms with E-state index in [2.05, 4.69) is 4.98 Å². The topological polar surface area (TPSA) is 56.0 Å². The summed E-state index contributed by atoms with van der Waals surface area (Å²) in [7, 11) is 0. The van der Waals surface area contributed by atoms with E-state index in [1.54, 1.807) is 12.3 Å². The Balaban J connectivity index is 2.04. The van der Waals surface area contributed by atoms with Crippen LogP contribution in [0.4, 0.5) is 5.69 Å². The smallest absolute Gasteiger partial charge is 0.258 e. The first kappa shape index (κ1) is 13.0. The molecule has 1 aromatic heterocycles. The molecule has 1 heterocycles. The van der Waals surface area contributed by atoms with Crippen molar-refractivity contribution in [2.45, 2.75) is 0 Å². The van der Waals surface area contributed by atoms with Crippen LogP contribution in [0.25, 0.3) is 22.4 Å². The second-order valence-electron chi connectivity index (χ2n) is 4.60. The first-order chi connectivity index (χ1) is 10.2. The van der Waals surface area contributed by atoms with Crippen molar-refractivity contribution in [3.05, 3.63) is 83.0 Å². The number of non-ortho nitro benzene ring substituents is 1. The number of pyridine rings is 1. The van der Waals surface area contributed by atoms with E-state index in [0.717, 1.165) is 22.4 Å². The summed E-state index contributed by atoms with van der Waals surface area (Å²) < 4.78 is 0. The Hall–Kier alpha value is -3.01. The van der Waals surface area contributed by atoms with Gasteiger partial charge in [0.05, 0.1) is 10.6 Å². The van der Waals surface area contributed by atoms with Crippen LogP contribution < -0.4 is 0 Å². The Bertz CT molecular complexity index is 786. The molecule has 0 aliphatic heterocycles. The highest BCUT2D eigenvalue weighted by atomic mass is 16.6. The molecule has 4 heteroatoms. The summed E-state index contributed by atoms with van der Waals surface area (Å²) >= 11 is 0. The van der Waals surface area contributed by atoms with Gasteiger partial charge in [-0.15, -0.1) is 0 Å². The fraction of sp³-hybridized carbons (Fsp3) is 0. The predicted octanol–water partition coefficient (Wildman–Crippen LogP) is 4.32. The van der Waals surface area contributed by atoms with Crippen LogP contribution in [0, 0.1) is 10.1 Å². The molecule has 102 valence electrons. The van der Waals surface area contributed by atoms with Crippen molar-refractivity contribution in [3.63, 3.8) is 0 Å². The molecule has 0 N–H and O–H groups in total. The summed E-state index contributed by atoms with van der Waals surface area (Å²) in [4.78, 5) is 14.8. The highest BCUT2D eigenvalue weighted by Gasteiger charge is 2.08. The van der Waals surface area contributed by atoms with Crippen molar-refractivity contribution < 1.29 is 4.92 Å². The number of rotatable bonds is 3. The number of hydrogen-bond donors (Lipinski definition) is 0. The second-order valence-corrected chi connectivity index (χ2v) is 4.60. The minimum atomic E-state index is -0.398. The zero-order valence-corrected chi connectivity index (χ0v) is 11.1. The lowest BCUT2D eigenvalue weighted by atomic mass is 10.0. The number of aromatic nitrogens is 1. The number of nitro groups is 1. The molecule has 21 heavy (non-hydrogen) atoms. The summed E-state index contributed by atoms with van der Waals surface area (Å²) in [5.41, 5.74) is 3.65. The molecule has 0 fully saturated rings. The number of nitro benzene ring substituents is 1. The van der Waals surface area contributed by atoms with Gasteiger partial charge < -0.3 is 0 Å². The molecule has 3 rings (SSSR count). The van der Waals surface area contributed by atoms with Crippen molar-refractivity contribution in [1.29, 1.82) is 0 Å². The zero-order valence-electron chi connectivity index (χ0n) is 11.1. The Labute approximate surface area is 121 Å². The maximum Gasteiger partial charge on any atom is 0.270 e. The van der Waals surface area contributed by atoms with Gasteiger partial charge in [0.2, 0.25) is 0 Å². The maximum absolute atomic E-state index is 10.9. The van der Waals surface area contributed by atoms with E-state index in [1.165, 1.54) is 12.1 Å². The molecule has 0 saturated carbocycles. The van der Waals surface area contributed by atoms with Crippen molar-refractivity contribution in [3.8, 4) is 22.4 Å². The van der Waals surface area contributed by atoms with E-state index >= 15 is 0 Å². The average molecular weight is 276 g/mol. The normalized spacial score (nSPS) is 10.3. The van der Waals surface area contributed by atoms with Crippen molar-refractivity contribution >= 4 is 5.69 Å². The van der Waals surface area contributed by atoms with E-state index in [9.17, 15) is 10.1 Å². The molecule has 0 spiro atoms. The molecule has 0 radical (unpaired) electrons. The largest absolute Gasteiger partial charge is 0.270 e. The van der Waals surface area contributed by atoms with Gasteiger partial charge in [-0.05, 0) is 23.3 Å². The lowest BCUT2D eigenvalue weighted by Gasteiger charge is -2.05. The lowest BCUT2D eigenvalue weighted by molar-refractivity contribution is -0.384. The third-order valence-electron chi connectivity index (χ3n) is 3.22. The quantitative estimate of drug-likeness (QED) is 0.528. The molecular formula is C17H12N2O2. The van der Waals surface area contributed by atoms with Gasteiger partial charge in [-0.1, -0.05) is 42.5 Å². The summed E-state index contributed by atoms with van der Waals surface area (Å²) in [5, 5.41) is 10.9. The van der Waals surface area contributed by atoms with Gasteiger partial charge in [0.25, 0.3) is 5.69 Å². The molecule has 0 unspecified atom stereocenters. The van der Waals surface area contributed by atoms with Gasteiger partial charge in [-0.25, -0.2) is 0 Å². The molecule has 0 aliphatic rings. The minimum absolute atomic E-state index is 0.0689. The minimum Gasteiger partial charge on any atom is -0.258 e. The van der Waals surface area contributed by atoms with E-state index < -0.39 is 4.92 Å². The molecule has 0 saturated heterocycles. The first-order valence-electron chi connectivity index (χ1n) is 6.50. The molecule has 0 bridgehead atoms. The monoisotopic (exact) mass is 276 g/mol. The van der Waals surface area contributed by atoms with Gasteiger partial charge in [0, 0.05) is 23.9 Å². The fourth-order valence-electron chi connectivity index (χ4n) is 2.18. The first-order valence-corrected chi connectivity index (χ1v) is 6.50. The van der Waals surface area contributed by atoms with Crippen LogP contribution >= 0.6 is 0 Å². The predicted molar refractivity (Wildman–Crippen MR) is 81.8 cm³/mol. The number of hydrogen-bond acceptors (Lipinski definition) is 3. The Kier molecular flexibility index (Phi) is 3.43. The molecule has 0 atom stereocenters. The van der Waals surface area contributed by atoms with E-state index in [0.29, 0.717) is 0 Å². The molecule has 0 aliphatic carbocycles. The van der Waals surface area contributed by atoms with Crippen LogP contribution in [0.5, 0.6) is 0 Å². The van der Waals surface area contributed by atoms with Gasteiger partial charge in [-0.2, -0.15) is 0 Å². The SMILES string of the molecule is O=[N+]([O-])c1cccc(-c2cc(-c3ccccc3)ccn2)c1. The average Bonchev–Trinajstić information content (AvgIpc) is 2.56. The van der Waals surface area contributed by atoms with Crippen molar-refractivity contribution in [2.75, 3.05) is 0 Å². The number of benzene rings is 2. The third kappa shape index (κ3) is 2.79. The zero-order chi connectivity index (χ0) is 14.7. The molecule has 2 aromatic carbocycles. The summed E-state index contributed by atoms with van der Waals surface area (Å²) in [6.07, 6.45) is 1.72. The Morgan fingerprint density at radius 1 is 0.810 bits per heavy atom. The summed E-state index contributed by atoms with van der Waals surface area (Å²) in [6.45, 7) is 0. The van der Waals surface area contributed by atoms with Crippen molar-refractivity contribution in [2.24, 2.45) is 0 Å². The molecule has 3 aromatic rings. The second kappa shape index (κ2) is 5.54. The van der Waals surface area contributed by atoms with Crippen LogP contribution in [0.15, 0.2) is 72.9 Å². The third-order valence-corrected chi connectivity index (χ3v) is 3.22. The van der Waals surface area contributed by atoms with E-state index in [4.69, 9.17) is 0 Å². The van der Waals surface area contributed by atoms with Gasteiger partial charge in [-0.3, -0.25) is 15.1 Å². The molecule has 4 nitrogen and oxygen atoms in total. The molecular weight excluding hydrogens is 264 g/mol. The van der Waals surface area contributed by atoms with Crippen LogP contribution in [0.1, 0.15) is 0 Å². The van der Waals surface area contributed by atoms with Crippen LogP contribution in [0.2, 0.25) is 0 Å². The van der Waals surface area contributed by atoms with Crippen LogP contribution in [0.3, 0.4) is 0 Å². The highest BCUT2D eigenvalue weighted by molar-refractivity contribution is 5.71. The summed E-state index contributed by atoms with van der Waals surface area (Å²) in [5.74, 6) is 0. The fourth-order valence-corrected chi connectivity index (χ4v) is 2.18. The lowest BCUT2D eigenvalue weighted by Crippen LogP contribution is -1.90. The van der Waals surface area contributed by atoms with Gasteiger partial charge in [0.15, 0.2) is 0 Å². The van der Waals surface area contributed by atoms with E-state index in [-0.39, 0.29) is 5.69 Å². The van der Waals surface area contributed by atoms with Gasteiger partial charge >= 0.3 is 0 Å². The standard InChI is InChI=1S/C17H12N2O2/c20-19(21)16-8-4-7-15(11-16)17-12-14(9-10-18-17)13-5-2-1-3-6-13/h1-12H.